The van der Waals surface area contributed by atoms with Gasteiger partial charge in [-0.25, -0.2) is 4.79 Å². The minimum atomic E-state index is -1.01. The number of carboxylic acids is 1. The molecule has 0 unspecified atom stereocenters. The van der Waals surface area contributed by atoms with Crippen LogP contribution in [0.1, 0.15) is 31.1 Å². The van der Waals surface area contributed by atoms with Gasteiger partial charge in [0.25, 0.3) is 0 Å². The Morgan fingerprint density at radius 3 is 2.47 bits per heavy atom. The maximum Gasteiger partial charge on any atom is 0.337 e. The maximum atomic E-state index is 10.8. The van der Waals surface area contributed by atoms with Gasteiger partial charge in [0.1, 0.15) is 0 Å². The van der Waals surface area contributed by atoms with Crippen molar-refractivity contribution in [3.63, 3.8) is 0 Å². The Morgan fingerprint density at radius 2 is 2.00 bits per heavy atom. The van der Waals surface area contributed by atoms with E-state index in [0.29, 0.717) is 5.69 Å². The van der Waals surface area contributed by atoms with E-state index in [4.69, 9.17) is 10.8 Å². The topological polar surface area (TPSA) is 75.3 Å². The van der Waals surface area contributed by atoms with Crippen LogP contribution in [0.25, 0.3) is 0 Å². The van der Waals surface area contributed by atoms with E-state index in [2.05, 4.69) is 5.32 Å². The van der Waals surface area contributed by atoms with Crippen molar-refractivity contribution in [2.75, 3.05) is 11.1 Å². The van der Waals surface area contributed by atoms with Gasteiger partial charge in [-0.1, -0.05) is 6.07 Å². The molecule has 0 heterocycles. The molecule has 4 heteroatoms. The second-order valence-electron chi connectivity index (χ2n) is 4.45. The van der Waals surface area contributed by atoms with Gasteiger partial charge in [-0.05, 0) is 32.9 Å². The van der Waals surface area contributed by atoms with Crippen molar-refractivity contribution in [2.24, 2.45) is 0 Å². The van der Waals surface area contributed by atoms with Crippen LogP contribution in [0.3, 0.4) is 0 Å². The molecule has 1 aromatic rings. The second kappa shape index (κ2) is 3.81. The van der Waals surface area contributed by atoms with Crippen molar-refractivity contribution in [3.05, 3.63) is 23.8 Å². The van der Waals surface area contributed by atoms with E-state index in [1.807, 2.05) is 20.8 Å². The third kappa shape index (κ3) is 2.87. The molecule has 82 valence electrons. The molecule has 0 fully saturated rings. The molecule has 0 aliphatic rings. The summed E-state index contributed by atoms with van der Waals surface area (Å²) in [5.74, 6) is -1.01. The summed E-state index contributed by atoms with van der Waals surface area (Å²) in [5, 5.41) is 12.0. The Balaban J connectivity index is 3.10. The zero-order chi connectivity index (χ0) is 11.6. The van der Waals surface area contributed by atoms with E-state index in [1.54, 1.807) is 12.1 Å². The number of carboxylic acid groups (broad SMARTS) is 1. The van der Waals surface area contributed by atoms with Gasteiger partial charge < -0.3 is 16.2 Å². The molecule has 0 saturated carbocycles. The van der Waals surface area contributed by atoms with E-state index in [1.165, 1.54) is 6.07 Å². The first kappa shape index (κ1) is 11.4. The second-order valence-corrected chi connectivity index (χ2v) is 4.45. The fourth-order valence-corrected chi connectivity index (χ4v) is 1.26. The van der Waals surface area contributed by atoms with Crippen LogP contribution in [0.5, 0.6) is 0 Å². The molecule has 0 saturated heterocycles. The summed E-state index contributed by atoms with van der Waals surface area (Å²) in [6.07, 6.45) is 0. The molecule has 4 nitrogen and oxygen atoms in total. The lowest BCUT2D eigenvalue weighted by Gasteiger charge is -2.23. The number of hydrogen-bond acceptors (Lipinski definition) is 3. The third-order valence-corrected chi connectivity index (χ3v) is 1.85. The Morgan fingerprint density at radius 1 is 1.40 bits per heavy atom. The number of rotatable bonds is 2. The van der Waals surface area contributed by atoms with Crippen LogP contribution in [0.2, 0.25) is 0 Å². The van der Waals surface area contributed by atoms with E-state index in [9.17, 15) is 4.79 Å². The number of anilines is 2. The highest BCUT2D eigenvalue weighted by Crippen LogP contribution is 2.25. The average Bonchev–Trinajstić information content (AvgIpc) is 2.05. The molecule has 1 aromatic carbocycles. The third-order valence-electron chi connectivity index (χ3n) is 1.85. The molecular formula is C11H16N2O2. The number of aromatic carboxylic acids is 1. The molecule has 0 amide bonds. The van der Waals surface area contributed by atoms with Gasteiger partial charge in [-0.15, -0.1) is 0 Å². The SMILES string of the molecule is CC(C)(C)Nc1cccc(C(=O)O)c1N. The summed E-state index contributed by atoms with van der Waals surface area (Å²) in [6, 6.07) is 4.94. The molecule has 0 atom stereocenters. The van der Waals surface area contributed by atoms with Crippen molar-refractivity contribution in [2.45, 2.75) is 26.3 Å². The number of para-hydroxylation sites is 1. The molecule has 0 bridgehead atoms. The molecule has 0 aliphatic heterocycles. The van der Waals surface area contributed by atoms with Crippen molar-refractivity contribution in [1.82, 2.24) is 0 Å². The van der Waals surface area contributed by atoms with Gasteiger partial charge in [0.2, 0.25) is 0 Å². The molecule has 0 aliphatic carbocycles. The molecule has 15 heavy (non-hydrogen) atoms. The van der Waals surface area contributed by atoms with Gasteiger partial charge in [0.15, 0.2) is 0 Å². The Labute approximate surface area is 89.1 Å². The van der Waals surface area contributed by atoms with Crippen molar-refractivity contribution in [3.8, 4) is 0 Å². The summed E-state index contributed by atoms with van der Waals surface area (Å²) in [5.41, 5.74) is 6.66. The summed E-state index contributed by atoms with van der Waals surface area (Å²) >= 11 is 0. The number of hydrogen-bond donors (Lipinski definition) is 3. The number of nitrogens with one attached hydrogen (secondary N) is 1. The zero-order valence-electron chi connectivity index (χ0n) is 9.16. The van der Waals surface area contributed by atoms with Gasteiger partial charge in [0.05, 0.1) is 16.9 Å². The average molecular weight is 208 g/mol. The first-order chi connectivity index (χ1) is 6.81. The monoisotopic (exact) mass is 208 g/mol. The first-order valence-corrected chi connectivity index (χ1v) is 4.71. The molecule has 4 N–H and O–H groups in total. The fourth-order valence-electron chi connectivity index (χ4n) is 1.26. The highest BCUT2D eigenvalue weighted by Gasteiger charge is 2.15. The lowest BCUT2D eigenvalue weighted by atomic mass is 10.1. The first-order valence-electron chi connectivity index (χ1n) is 4.71. The Hall–Kier alpha value is -1.71. The predicted octanol–water partition coefficient (Wildman–Crippen LogP) is 2.18. The summed E-state index contributed by atoms with van der Waals surface area (Å²) in [4.78, 5) is 10.8. The normalized spacial score (nSPS) is 11.1. The van der Waals surface area contributed by atoms with Crippen LogP contribution in [0.15, 0.2) is 18.2 Å². The minimum Gasteiger partial charge on any atom is -0.478 e. The van der Waals surface area contributed by atoms with Crippen LogP contribution in [-0.4, -0.2) is 16.6 Å². The summed E-state index contributed by atoms with van der Waals surface area (Å²) < 4.78 is 0. The van der Waals surface area contributed by atoms with Crippen molar-refractivity contribution in [1.29, 1.82) is 0 Å². The van der Waals surface area contributed by atoms with Crippen LogP contribution in [0.4, 0.5) is 11.4 Å². The minimum absolute atomic E-state index is 0.129. The molecule has 0 radical (unpaired) electrons. The van der Waals surface area contributed by atoms with Crippen LogP contribution in [0, 0.1) is 0 Å². The van der Waals surface area contributed by atoms with Crippen molar-refractivity contribution >= 4 is 17.3 Å². The van der Waals surface area contributed by atoms with E-state index < -0.39 is 5.97 Å². The zero-order valence-corrected chi connectivity index (χ0v) is 9.16. The summed E-state index contributed by atoms with van der Waals surface area (Å²) in [7, 11) is 0. The molecule has 0 aromatic heterocycles. The Bertz CT molecular complexity index is 381. The molecule has 1 rings (SSSR count). The highest BCUT2D eigenvalue weighted by molar-refractivity contribution is 5.97. The summed E-state index contributed by atoms with van der Waals surface area (Å²) in [6.45, 7) is 5.96. The smallest absolute Gasteiger partial charge is 0.337 e. The number of benzene rings is 1. The van der Waals surface area contributed by atoms with E-state index in [-0.39, 0.29) is 16.8 Å². The van der Waals surface area contributed by atoms with E-state index in [0.717, 1.165) is 0 Å². The quantitative estimate of drug-likeness (QED) is 0.651. The van der Waals surface area contributed by atoms with Crippen LogP contribution in [-0.2, 0) is 0 Å². The number of nitrogens with two attached hydrogens (primary N) is 1. The van der Waals surface area contributed by atoms with Gasteiger partial charge in [-0.3, -0.25) is 0 Å². The standard InChI is InChI=1S/C11H16N2O2/c1-11(2,3)13-8-6-4-5-7(9(8)12)10(14)15/h4-6,13H,12H2,1-3H3,(H,14,15). The van der Waals surface area contributed by atoms with Gasteiger partial charge in [0, 0.05) is 5.54 Å². The van der Waals surface area contributed by atoms with Gasteiger partial charge >= 0.3 is 5.97 Å². The Kier molecular flexibility index (Phi) is 2.88. The van der Waals surface area contributed by atoms with E-state index >= 15 is 0 Å². The lowest BCUT2D eigenvalue weighted by molar-refractivity contribution is 0.0698. The maximum absolute atomic E-state index is 10.8. The highest BCUT2D eigenvalue weighted by atomic mass is 16.4. The molecular weight excluding hydrogens is 192 g/mol. The fraction of sp³-hybridized carbons (Fsp3) is 0.364. The molecule has 0 spiro atoms. The number of carbonyl (C=O) groups is 1. The lowest BCUT2D eigenvalue weighted by Crippen LogP contribution is -2.27. The largest absolute Gasteiger partial charge is 0.478 e. The van der Waals surface area contributed by atoms with Crippen molar-refractivity contribution < 1.29 is 9.90 Å². The van der Waals surface area contributed by atoms with Crippen LogP contribution >= 0.6 is 0 Å². The van der Waals surface area contributed by atoms with Gasteiger partial charge in [-0.2, -0.15) is 0 Å². The van der Waals surface area contributed by atoms with Crippen LogP contribution < -0.4 is 11.1 Å². The number of nitrogen functional groups attached to an aromatic ring is 1. The predicted molar refractivity (Wildman–Crippen MR) is 61.2 cm³/mol.